The summed E-state index contributed by atoms with van der Waals surface area (Å²) in [6.45, 7) is 0. The van der Waals surface area contributed by atoms with Gasteiger partial charge in [-0.3, -0.25) is 0 Å². The van der Waals surface area contributed by atoms with E-state index in [1.807, 2.05) is 0 Å². The van der Waals surface area contributed by atoms with Crippen molar-refractivity contribution in [1.82, 2.24) is 0 Å². The van der Waals surface area contributed by atoms with E-state index in [9.17, 15) is 0 Å². The van der Waals surface area contributed by atoms with Gasteiger partial charge in [0.2, 0.25) is 0 Å². The van der Waals surface area contributed by atoms with Crippen molar-refractivity contribution in [3.8, 4) is 11.1 Å². The number of benzene rings is 2. The molecule has 17 heavy (non-hydrogen) atoms. The van der Waals surface area contributed by atoms with Crippen molar-refractivity contribution in [2.45, 2.75) is 12.3 Å². The summed E-state index contributed by atoms with van der Waals surface area (Å²) >= 11 is 0. The molecule has 0 saturated carbocycles. The summed E-state index contributed by atoms with van der Waals surface area (Å²) in [6.07, 6.45) is 2.04. The summed E-state index contributed by atoms with van der Waals surface area (Å²) in [5, 5.41) is 1.22. The van der Waals surface area contributed by atoms with Crippen LogP contribution in [0.5, 0.6) is 0 Å². The van der Waals surface area contributed by atoms with Gasteiger partial charge in [0.05, 0.1) is 0 Å². The van der Waals surface area contributed by atoms with Gasteiger partial charge in [0.25, 0.3) is 0 Å². The molecule has 88 valence electrons. The molecule has 0 aromatic heterocycles. The fourth-order valence-electron chi connectivity index (χ4n) is 1.87. The molecular weight excluding hydrogens is 261 g/mol. The van der Waals surface area contributed by atoms with E-state index in [1.165, 1.54) is 27.6 Å². The molecule has 0 N–H and O–H groups in total. The molecular formula is C14H17P3. The van der Waals surface area contributed by atoms with Gasteiger partial charge in [-0.15, -0.1) is 27.7 Å². The Hall–Kier alpha value is -0.270. The maximum absolute atomic E-state index is 2.81. The standard InChI is InChI=1S/C14H17P3/c15-8-12-2-1-11(7-13(12)9-16)10-3-5-14(17)6-4-10/h1-7H,8-9,15-17H2. The van der Waals surface area contributed by atoms with Crippen LogP contribution >= 0.6 is 27.7 Å². The Morgan fingerprint density at radius 1 is 0.706 bits per heavy atom. The van der Waals surface area contributed by atoms with Gasteiger partial charge in [0, 0.05) is 0 Å². The largest absolute Gasteiger partial charge is 0.133 e. The first kappa shape index (κ1) is 13.2. The minimum Gasteiger partial charge on any atom is -0.133 e. The third-order valence-corrected chi connectivity index (χ3v) is 4.15. The van der Waals surface area contributed by atoms with Crippen molar-refractivity contribution < 1.29 is 0 Å². The van der Waals surface area contributed by atoms with Crippen molar-refractivity contribution >= 4 is 33.0 Å². The Balaban J connectivity index is 2.42. The highest BCUT2D eigenvalue weighted by Crippen LogP contribution is 2.25. The van der Waals surface area contributed by atoms with E-state index in [4.69, 9.17) is 0 Å². The van der Waals surface area contributed by atoms with Gasteiger partial charge >= 0.3 is 0 Å². The van der Waals surface area contributed by atoms with Crippen molar-refractivity contribution in [2.75, 3.05) is 0 Å². The van der Waals surface area contributed by atoms with Gasteiger partial charge in [-0.05, 0) is 39.9 Å². The molecule has 3 atom stereocenters. The second kappa shape index (κ2) is 6.06. The van der Waals surface area contributed by atoms with Gasteiger partial charge in [-0.25, -0.2) is 0 Å². The molecule has 3 unspecified atom stereocenters. The zero-order valence-electron chi connectivity index (χ0n) is 9.69. The molecule has 0 saturated heterocycles. The van der Waals surface area contributed by atoms with Crippen LogP contribution in [-0.2, 0) is 12.3 Å². The summed E-state index contributed by atoms with van der Waals surface area (Å²) in [5.74, 6) is 0. The minimum absolute atomic E-state index is 1.01. The van der Waals surface area contributed by atoms with E-state index in [0.717, 1.165) is 12.3 Å². The van der Waals surface area contributed by atoms with Crippen LogP contribution < -0.4 is 5.30 Å². The monoisotopic (exact) mass is 278 g/mol. The lowest BCUT2D eigenvalue weighted by molar-refractivity contribution is 1.28. The third kappa shape index (κ3) is 3.14. The maximum Gasteiger partial charge on any atom is -0.0125 e. The quantitative estimate of drug-likeness (QED) is 0.752. The van der Waals surface area contributed by atoms with Crippen LogP contribution in [0.25, 0.3) is 11.1 Å². The predicted molar refractivity (Wildman–Crippen MR) is 88.0 cm³/mol. The normalized spacial score (nSPS) is 10.5. The van der Waals surface area contributed by atoms with Crippen LogP contribution in [0.2, 0.25) is 0 Å². The van der Waals surface area contributed by atoms with Gasteiger partial charge < -0.3 is 0 Å². The molecule has 0 amide bonds. The molecule has 2 aromatic carbocycles. The predicted octanol–water partition coefficient (Wildman–Crippen LogP) is 3.60. The molecule has 2 rings (SSSR count). The third-order valence-electron chi connectivity index (χ3n) is 2.89. The van der Waals surface area contributed by atoms with Crippen LogP contribution in [0.4, 0.5) is 0 Å². The van der Waals surface area contributed by atoms with Crippen LogP contribution in [0.3, 0.4) is 0 Å². The molecule has 0 spiro atoms. The topological polar surface area (TPSA) is 0 Å². The average Bonchev–Trinajstić information content (AvgIpc) is 2.39. The fourth-order valence-corrected chi connectivity index (χ4v) is 2.84. The van der Waals surface area contributed by atoms with Crippen LogP contribution in [0.1, 0.15) is 11.1 Å². The Labute approximate surface area is 110 Å². The zero-order valence-corrected chi connectivity index (χ0v) is 13.2. The highest BCUT2D eigenvalue weighted by Gasteiger charge is 2.02. The summed E-state index contributed by atoms with van der Waals surface area (Å²) < 4.78 is 0. The van der Waals surface area contributed by atoms with Gasteiger partial charge in [0.1, 0.15) is 0 Å². The maximum atomic E-state index is 2.81. The highest BCUT2D eigenvalue weighted by molar-refractivity contribution is 7.27. The average molecular weight is 278 g/mol. The second-order valence-corrected chi connectivity index (χ2v) is 5.50. The second-order valence-electron chi connectivity index (χ2n) is 4.01. The molecule has 3 heteroatoms. The first-order chi connectivity index (χ1) is 8.24. The Morgan fingerprint density at radius 3 is 1.88 bits per heavy atom. The van der Waals surface area contributed by atoms with Crippen LogP contribution in [0, 0.1) is 0 Å². The summed E-state index contributed by atoms with van der Waals surface area (Å²) in [6, 6.07) is 15.3. The number of hydrogen-bond donors (Lipinski definition) is 0. The first-order valence-electron chi connectivity index (χ1n) is 5.62. The zero-order chi connectivity index (χ0) is 12.3. The molecule has 0 aliphatic heterocycles. The molecule has 0 aliphatic carbocycles. The fraction of sp³-hybridized carbons (Fsp3) is 0.143. The lowest BCUT2D eigenvalue weighted by atomic mass is 10.0. The molecule has 0 radical (unpaired) electrons. The van der Waals surface area contributed by atoms with E-state index in [0.29, 0.717) is 0 Å². The van der Waals surface area contributed by atoms with E-state index in [2.05, 4.69) is 70.2 Å². The Kier molecular flexibility index (Phi) is 4.69. The molecule has 0 bridgehead atoms. The summed E-state index contributed by atoms with van der Waals surface area (Å²) in [5.41, 5.74) is 5.41. The summed E-state index contributed by atoms with van der Waals surface area (Å²) in [7, 11) is 8.32. The van der Waals surface area contributed by atoms with Crippen molar-refractivity contribution in [1.29, 1.82) is 0 Å². The van der Waals surface area contributed by atoms with Crippen LogP contribution in [-0.4, -0.2) is 0 Å². The minimum atomic E-state index is 1.01. The number of hydrogen-bond acceptors (Lipinski definition) is 0. The Morgan fingerprint density at radius 2 is 1.29 bits per heavy atom. The molecule has 2 aromatic rings. The van der Waals surface area contributed by atoms with Crippen molar-refractivity contribution in [3.05, 3.63) is 53.6 Å². The van der Waals surface area contributed by atoms with E-state index >= 15 is 0 Å². The summed E-state index contributed by atoms with van der Waals surface area (Å²) in [4.78, 5) is 0. The first-order valence-corrected chi connectivity index (χ1v) is 7.83. The molecule has 0 fully saturated rings. The molecule has 0 aliphatic rings. The molecule has 0 nitrogen and oxygen atoms in total. The number of rotatable bonds is 3. The van der Waals surface area contributed by atoms with Gasteiger partial charge in [-0.2, -0.15) is 0 Å². The smallest absolute Gasteiger partial charge is 0.0125 e. The SMILES string of the molecule is PCc1ccc(-c2ccc(P)cc2)cc1CP. The lowest BCUT2D eigenvalue weighted by Crippen LogP contribution is -1.91. The van der Waals surface area contributed by atoms with E-state index in [1.54, 1.807) is 0 Å². The van der Waals surface area contributed by atoms with Gasteiger partial charge in [-0.1, -0.05) is 42.5 Å². The van der Waals surface area contributed by atoms with Crippen LogP contribution in [0.15, 0.2) is 42.5 Å². The Bertz CT molecular complexity index is 503. The van der Waals surface area contributed by atoms with Gasteiger partial charge in [0.15, 0.2) is 0 Å². The van der Waals surface area contributed by atoms with Crippen molar-refractivity contribution in [2.24, 2.45) is 0 Å². The highest BCUT2D eigenvalue weighted by atomic mass is 31.0. The van der Waals surface area contributed by atoms with E-state index < -0.39 is 0 Å². The lowest BCUT2D eigenvalue weighted by Gasteiger charge is -2.09. The van der Waals surface area contributed by atoms with Crippen molar-refractivity contribution in [3.63, 3.8) is 0 Å². The molecule has 0 heterocycles. The van der Waals surface area contributed by atoms with E-state index in [-0.39, 0.29) is 0 Å².